The molecule has 0 saturated heterocycles. The summed E-state index contributed by atoms with van der Waals surface area (Å²) in [5.74, 6) is 0.643. The Kier molecular flexibility index (Phi) is 3.48. The van der Waals surface area contributed by atoms with Gasteiger partial charge in [-0.25, -0.2) is 0 Å². The fourth-order valence-corrected chi connectivity index (χ4v) is 0.928. The van der Waals surface area contributed by atoms with E-state index in [0.29, 0.717) is 18.8 Å². The van der Waals surface area contributed by atoms with Crippen molar-refractivity contribution in [2.45, 2.75) is 13.5 Å². The Morgan fingerprint density at radius 3 is 2.86 bits per heavy atom. The highest BCUT2D eigenvalue weighted by Crippen LogP contribution is 2.06. The van der Waals surface area contributed by atoms with Gasteiger partial charge in [0, 0.05) is 6.54 Å². The Labute approximate surface area is 82.8 Å². The molecule has 0 atom stereocenters. The molecule has 1 amide bonds. The summed E-state index contributed by atoms with van der Waals surface area (Å²) in [6, 6.07) is 3.30. The van der Waals surface area contributed by atoms with E-state index in [2.05, 4.69) is 11.9 Å². The second kappa shape index (κ2) is 4.62. The Hall–Kier alpha value is -1.55. The minimum absolute atomic E-state index is 0.243. The summed E-state index contributed by atoms with van der Waals surface area (Å²) >= 11 is 0. The van der Waals surface area contributed by atoms with Crippen molar-refractivity contribution >= 4 is 5.91 Å². The fourth-order valence-electron chi connectivity index (χ4n) is 0.928. The number of carbonyl (C=O) groups is 1. The molecule has 0 unspecified atom stereocenters. The normalized spacial score (nSPS) is 9.86. The SMILES string of the molecule is C=C(C)CNC(=O)c1ccc(CN)o1. The number of furan rings is 1. The van der Waals surface area contributed by atoms with Crippen LogP contribution in [0.5, 0.6) is 0 Å². The van der Waals surface area contributed by atoms with Crippen LogP contribution in [-0.2, 0) is 6.54 Å². The summed E-state index contributed by atoms with van der Waals surface area (Å²) in [5, 5.41) is 2.66. The lowest BCUT2D eigenvalue weighted by molar-refractivity contribution is 0.0927. The van der Waals surface area contributed by atoms with Gasteiger partial charge in [0.05, 0.1) is 6.54 Å². The molecule has 0 aromatic carbocycles. The van der Waals surface area contributed by atoms with Gasteiger partial charge in [-0.05, 0) is 19.1 Å². The van der Waals surface area contributed by atoms with Gasteiger partial charge in [0.25, 0.3) is 5.91 Å². The average molecular weight is 194 g/mol. The summed E-state index contributed by atoms with van der Waals surface area (Å²) in [7, 11) is 0. The lowest BCUT2D eigenvalue weighted by atomic mass is 10.3. The topological polar surface area (TPSA) is 68.3 Å². The smallest absolute Gasteiger partial charge is 0.287 e. The van der Waals surface area contributed by atoms with Crippen molar-refractivity contribution < 1.29 is 9.21 Å². The molecule has 0 fully saturated rings. The maximum Gasteiger partial charge on any atom is 0.287 e. The number of nitrogens with two attached hydrogens (primary N) is 1. The molecule has 76 valence electrons. The van der Waals surface area contributed by atoms with Gasteiger partial charge in [-0.1, -0.05) is 12.2 Å². The first-order valence-electron chi connectivity index (χ1n) is 4.35. The molecule has 0 spiro atoms. The van der Waals surface area contributed by atoms with Crippen molar-refractivity contribution in [3.8, 4) is 0 Å². The zero-order valence-electron chi connectivity index (χ0n) is 8.17. The van der Waals surface area contributed by atoms with Crippen LogP contribution < -0.4 is 11.1 Å². The third-order valence-electron chi connectivity index (χ3n) is 1.64. The summed E-state index contributed by atoms with van der Waals surface area (Å²) in [6.45, 7) is 6.27. The van der Waals surface area contributed by atoms with Gasteiger partial charge in [0.1, 0.15) is 5.76 Å². The number of nitrogens with one attached hydrogen (secondary N) is 1. The molecule has 0 aliphatic carbocycles. The van der Waals surface area contributed by atoms with Gasteiger partial charge >= 0.3 is 0 Å². The van der Waals surface area contributed by atoms with Crippen LogP contribution >= 0.6 is 0 Å². The van der Waals surface area contributed by atoms with Gasteiger partial charge in [-0.3, -0.25) is 4.79 Å². The minimum atomic E-state index is -0.243. The van der Waals surface area contributed by atoms with Crippen molar-refractivity contribution in [3.05, 3.63) is 35.8 Å². The third kappa shape index (κ3) is 2.74. The van der Waals surface area contributed by atoms with E-state index in [1.54, 1.807) is 12.1 Å². The molecule has 0 bridgehead atoms. The van der Waals surface area contributed by atoms with Gasteiger partial charge in [0.15, 0.2) is 5.76 Å². The second-order valence-electron chi connectivity index (χ2n) is 3.11. The van der Waals surface area contributed by atoms with Crippen molar-refractivity contribution in [1.82, 2.24) is 5.32 Å². The number of amides is 1. The lowest BCUT2D eigenvalue weighted by Crippen LogP contribution is -2.24. The largest absolute Gasteiger partial charge is 0.455 e. The molecule has 4 nitrogen and oxygen atoms in total. The third-order valence-corrected chi connectivity index (χ3v) is 1.64. The average Bonchev–Trinajstić information content (AvgIpc) is 2.62. The van der Waals surface area contributed by atoms with Crippen LogP contribution in [0.15, 0.2) is 28.7 Å². The fraction of sp³-hybridized carbons (Fsp3) is 0.300. The highest BCUT2D eigenvalue weighted by atomic mass is 16.4. The maximum atomic E-state index is 11.4. The summed E-state index contributed by atoms with van der Waals surface area (Å²) in [4.78, 5) is 11.4. The van der Waals surface area contributed by atoms with Gasteiger partial charge in [-0.2, -0.15) is 0 Å². The molecule has 1 heterocycles. The van der Waals surface area contributed by atoms with Crippen molar-refractivity contribution in [2.24, 2.45) is 5.73 Å². The predicted molar refractivity (Wildman–Crippen MR) is 53.7 cm³/mol. The first-order chi connectivity index (χ1) is 6.63. The molecule has 0 aliphatic rings. The van der Waals surface area contributed by atoms with Crippen molar-refractivity contribution in [3.63, 3.8) is 0 Å². The van der Waals surface area contributed by atoms with Crippen LogP contribution in [0.4, 0.5) is 0 Å². The molecule has 0 saturated carbocycles. The van der Waals surface area contributed by atoms with Gasteiger partial charge in [-0.15, -0.1) is 0 Å². The molecule has 1 aromatic heterocycles. The summed E-state index contributed by atoms with van der Waals surface area (Å²) < 4.78 is 5.16. The second-order valence-corrected chi connectivity index (χ2v) is 3.11. The number of hydrogen-bond acceptors (Lipinski definition) is 3. The van der Waals surface area contributed by atoms with Gasteiger partial charge < -0.3 is 15.5 Å². The monoisotopic (exact) mass is 194 g/mol. The summed E-state index contributed by atoms with van der Waals surface area (Å²) in [6.07, 6.45) is 0. The van der Waals surface area contributed by atoms with E-state index in [0.717, 1.165) is 5.57 Å². The van der Waals surface area contributed by atoms with Gasteiger partial charge in [0.2, 0.25) is 0 Å². The summed E-state index contributed by atoms with van der Waals surface area (Å²) in [5.41, 5.74) is 6.24. The molecule has 1 aromatic rings. The number of hydrogen-bond donors (Lipinski definition) is 2. The first-order valence-corrected chi connectivity index (χ1v) is 4.35. The van der Waals surface area contributed by atoms with E-state index >= 15 is 0 Å². The van der Waals surface area contributed by atoms with Crippen LogP contribution in [0.25, 0.3) is 0 Å². The predicted octanol–water partition coefficient (Wildman–Crippen LogP) is 1.04. The molecule has 4 heteroatoms. The van der Waals surface area contributed by atoms with Crippen molar-refractivity contribution in [2.75, 3.05) is 6.54 Å². The number of rotatable bonds is 4. The molecule has 0 aliphatic heterocycles. The Morgan fingerprint density at radius 2 is 2.36 bits per heavy atom. The minimum Gasteiger partial charge on any atom is -0.455 e. The first kappa shape index (κ1) is 10.5. The zero-order valence-corrected chi connectivity index (χ0v) is 8.17. The Balaban J connectivity index is 2.56. The molecule has 14 heavy (non-hydrogen) atoms. The van der Waals surface area contributed by atoms with Crippen LogP contribution in [0.3, 0.4) is 0 Å². The molecule has 1 rings (SSSR count). The highest BCUT2D eigenvalue weighted by Gasteiger charge is 2.09. The molecule has 0 radical (unpaired) electrons. The molecular weight excluding hydrogens is 180 g/mol. The van der Waals surface area contributed by atoms with E-state index in [4.69, 9.17) is 10.2 Å². The quantitative estimate of drug-likeness (QED) is 0.704. The van der Waals surface area contributed by atoms with Crippen LogP contribution in [0.2, 0.25) is 0 Å². The van der Waals surface area contributed by atoms with Crippen LogP contribution in [0, 0.1) is 0 Å². The van der Waals surface area contributed by atoms with E-state index in [-0.39, 0.29) is 11.7 Å². The maximum absolute atomic E-state index is 11.4. The van der Waals surface area contributed by atoms with Crippen LogP contribution in [0.1, 0.15) is 23.2 Å². The standard InChI is InChI=1S/C10H14N2O2/c1-7(2)6-12-10(13)9-4-3-8(5-11)14-9/h3-4H,1,5-6,11H2,2H3,(H,12,13). The van der Waals surface area contributed by atoms with E-state index in [1.165, 1.54) is 0 Å². The number of carbonyl (C=O) groups excluding carboxylic acids is 1. The zero-order chi connectivity index (χ0) is 10.6. The molecule has 3 N–H and O–H groups in total. The van der Waals surface area contributed by atoms with E-state index < -0.39 is 0 Å². The molecular formula is C10H14N2O2. The lowest BCUT2D eigenvalue weighted by Gasteiger charge is -2.01. The van der Waals surface area contributed by atoms with E-state index in [9.17, 15) is 4.79 Å². The van der Waals surface area contributed by atoms with Crippen LogP contribution in [-0.4, -0.2) is 12.5 Å². The van der Waals surface area contributed by atoms with E-state index in [1.807, 2.05) is 6.92 Å². The highest BCUT2D eigenvalue weighted by molar-refractivity contribution is 5.91. The van der Waals surface area contributed by atoms with Crippen molar-refractivity contribution in [1.29, 1.82) is 0 Å². The Bertz CT molecular complexity index is 342. The Morgan fingerprint density at radius 1 is 1.64 bits per heavy atom.